The average Bonchev–Trinajstić information content (AvgIpc) is 2.61. The number of likely N-dealkylation sites (N-methyl/N-ethyl adjacent to an activating group) is 1. The van der Waals surface area contributed by atoms with E-state index in [2.05, 4.69) is 21.1 Å². The lowest BCUT2D eigenvalue weighted by Crippen LogP contribution is -2.46. The number of nitrogens with zero attached hydrogens (tertiary/aromatic N) is 1. The highest BCUT2D eigenvalue weighted by Gasteiger charge is 2.28. The van der Waals surface area contributed by atoms with Crippen LogP contribution in [0.25, 0.3) is 0 Å². The van der Waals surface area contributed by atoms with Crippen molar-refractivity contribution in [3.63, 3.8) is 0 Å². The summed E-state index contributed by atoms with van der Waals surface area (Å²) >= 11 is 0. The van der Waals surface area contributed by atoms with Gasteiger partial charge in [-0.1, -0.05) is 30.3 Å². The van der Waals surface area contributed by atoms with E-state index in [4.69, 9.17) is 9.47 Å². The summed E-state index contributed by atoms with van der Waals surface area (Å²) < 4.78 is 25.4. The van der Waals surface area contributed by atoms with Gasteiger partial charge in [-0.3, -0.25) is 0 Å². The highest BCUT2D eigenvalue weighted by Crippen LogP contribution is 2.26. The smallest absolute Gasteiger partial charge is 0.130 e. The lowest BCUT2D eigenvalue weighted by molar-refractivity contribution is -0.874. The highest BCUT2D eigenvalue weighted by molar-refractivity contribution is 7.85. The van der Waals surface area contributed by atoms with Gasteiger partial charge in [0.05, 0.1) is 45.2 Å². The molecule has 0 amide bonds. The first-order valence-corrected chi connectivity index (χ1v) is 9.68. The van der Waals surface area contributed by atoms with E-state index in [9.17, 15) is 4.21 Å². The van der Waals surface area contributed by atoms with Gasteiger partial charge in [0, 0.05) is 9.79 Å². The first kappa shape index (κ1) is 18.3. The van der Waals surface area contributed by atoms with Crippen molar-refractivity contribution < 1.29 is 18.2 Å². The second-order valence-electron chi connectivity index (χ2n) is 7.41. The van der Waals surface area contributed by atoms with E-state index in [-0.39, 0.29) is 12.2 Å². The van der Waals surface area contributed by atoms with Gasteiger partial charge < -0.3 is 14.0 Å². The number of rotatable bonds is 5. The molecule has 1 aliphatic rings. The number of hydrogen-bond donors (Lipinski definition) is 0. The Morgan fingerprint density at radius 2 is 1.60 bits per heavy atom. The van der Waals surface area contributed by atoms with Gasteiger partial charge in [-0.2, -0.15) is 0 Å². The summed E-state index contributed by atoms with van der Waals surface area (Å²) in [4.78, 5) is 1.62. The first-order chi connectivity index (χ1) is 11.9. The molecule has 1 aliphatic heterocycles. The van der Waals surface area contributed by atoms with Crippen LogP contribution in [0.3, 0.4) is 0 Å². The highest BCUT2D eigenvalue weighted by atomic mass is 32.2. The van der Waals surface area contributed by atoms with Crippen molar-refractivity contribution in [2.24, 2.45) is 0 Å². The first-order valence-electron chi connectivity index (χ1n) is 8.53. The topological polar surface area (TPSA) is 35.5 Å². The van der Waals surface area contributed by atoms with Crippen LogP contribution in [0, 0.1) is 0 Å². The van der Waals surface area contributed by atoms with Crippen molar-refractivity contribution in [1.29, 1.82) is 0 Å². The van der Waals surface area contributed by atoms with Gasteiger partial charge in [-0.05, 0) is 29.8 Å². The second-order valence-corrected chi connectivity index (χ2v) is 8.89. The molecule has 134 valence electrons. The summed E-state index contributed by atoms with van der Waals surface area (Å²) in [7, 11) is 5.31. The lowest BCUT2D eigenvalue weighted by Gasteiger charge is -2.34. The third kappa shape index (κ3) is 4.98. The molecule has 2 aromatic rings. The Morgan fingerprint density at radius 1 is 0.960 bits per heavy atom. The Labute approximate surface area is 152 Å². The monoisotopic (exact) mass is 360 g/mol. The van der Waals surface area contributed by atoms with Crippen molar-refractivity contribution in [2.45, 2.75) is 22.0 Å². The molecule has 1 heterocycles. The number of ether oxygens (including phenoxy) is 2. The van der Waals surface area contributed by atoms with E-state index in [0.717, 1.165) is 26.4 Å². The largest absolute Gasteiger partial charge is 0.375 e. The summed E-state index contributed by atoms with van der Waals surface area (Å²) in [6.45, 7) is 2.11. The van der Waals surface area contributed by atoms with Crippen LogP contribution in [0.5, 0.6) is 0 Å². The van der Waals surface area contributed by atoms with Crippen LogP contribution in [0.2, 0.25) is 0 Å². The van der Waals surface area contributed by atoms with Gasteiger partial charge in [0.1, 0.15) is 18.8 Å². The van der Waals surface area contributed by atoms with Crippen molar-refractivity contribution in [2.75, 3.05) is 40.9 Å². The van der Waals surface area contributed by atoms with E-state index < -0.39 is 10.8 Å². The average molecular weight is 360 g/mol. The fourth-order valence-electron chi connectivity index (χ4n) is 2.99. The molecular weight excluding hydrogens is 334 g/mol. The van der Waals surface area contributed by atoms with Crippen molar-refractivity contribution >= 4 is 10.8 Å². The summed E-state index contributed by atoms with van der Waals surface area (Å²) in [5.41, 5.74) is 1.07. The lowest BCUT2D eigenvalue weighted by atomic mass is 10.1. The maximum atomic E-state index is 12.6. The van der Waals surface area contributed by atoms with E-state index in [0.29, 0.717) is 13.2 Å². The van der Waals surface area contributed by atoms with Crippen LogP contribution >= 0.6 is 0 Å². The van der Waals surface area contributed by atoms with Crippen LogP contribution in [-0.4, -0.2) is 55.7 Å². The Bertz CT molecular complexity index is 710. The summed E-state index contributed by atoms with van der Waals surface area (Å²) in [6, 6.07) is 17.4. The SMILES string of the molecule is C[N+](C)(C)C[C@@H]1COC[C@H](c2ccc(S(=O)c3ccccc3)cc2)O1. The molecule has 0 N–H and O–H groups in total. The maximum absolute atomic E-state index is 12.6. The maximum Gasteiger partial charge on any atom is 0.130 e. The van der Waals surface area contributed by atoms with Crippen molar-refractivity contribution in [1.82, 2.24) is 0 Å². The van der Waals surface area contributed by atoms with Crippen LogP contribution in [-0.2, 0) is 20.3 Å². The Hall–Kier alpha value is -1.53. The van der Waals surface area contributed by atoms with Gasteiger partial charge in [-0.15, -0.1) is 0 Å². The van der Waals surface area contributed by atoms with Crippen molar-refractivity contribution in [3.8, 4) is 0 Å². The summed E-state index contributed by atoms with van der Waals surface area (Å²) in [6.07, 6.45) is 0.0291. The van der Waals surface area contributed by atoms with Crippen LogP contribution < -0.4 is 0 Å². The Balaban J connectivity index is 1.69. The molecule has 0 radical (unpaired) electrons. The van der Waals surface area contributed by atoms with Crippen LogP contribution in [0.1, 0.15) is 11.7 Å². The van der Waals surface area contributed by atoms with Gasteiger partial charge in [0.2, 0.25) is 0 Å². The van der Waals surface area contributed by atoms with Crippen molar-refractivity contribution in [3.05, 3.63) is 60.2 Å². The molecule has 3 rings (SSSR count). The van der Waals surface area contributed by atoms with E-state index in [1.54, 1.807) is 0 Å². The predicted molar refractivity (Wildman–Crippen MR) is 98.9 cm³/mol. The van der Waals surface area contributed by atoms with Gasteiger partial charge >= 0.3 is 0 Å². The fraction of sp³-hybridized carbons (Fsp3) is 0.400. The van der Waals surface area contributed by atoms with Gasteiger partial charge in [0.25, 0.3) is 0 Å². The number of benzene rings is 2. The second kappa shape index (κ2) is 7.79. The predicted octanol–water partition coefficient (Wildman–Crippen LogP) is 3.02. The minimum Gasteiger partial charge on any atom is -0.375 e. The molecule has 0 spiro atoms. The molecule has 5 heteroatoms. The van der Waals surface area contributed by atoms with Gasteiger partial charge in [0.15, 0.2) is 0 Å². The Morgan fingerprint density at radius 3 is 2.24 bits per heavy atom. The normalized spacial score (nSPS) is 22.5. The van der Waals surface area contributed by atoms with Gasteiger partial charge in [-0.25, -0.2) is 4.21 Å². The molecule has 3 atom stereocenters. The summed E-state index contributed by atoms with van der Waals surface area (Å²) in [5, 5.41) is 0. The fourth-order valence-corrected chi connectivity index (χ4v) is 4.04. The standard InChI is InChI=1S/C20H26NO3S/c1-21(2,3)13-17-14-23-15-20(24-17)16-9-11-19(12-10-16)25(22)18-7-5-4-6-8-18/h4-12,17,20H,13-15H2,1-3H3/q+1/t17-,20-,25?/m1/s1. The number of quaternary nitrogens is 1. The quantitative estimate of drug-likeness (QED) is 0.769. The van der Waals surface area contributed by atoms with E-state index >= 15 is 0 Å². The molecule has 0 saturated carbocycles. The molecular formula is C20H26NO3S+. The molecule has 1 unspecified atom stereocenters. The Kier molecular flexibility index (Phi) is 5.69. The van der Waals surface area contributed by atoms with Crippen LogP contribution in [0.4, 0.5) is 0 Å². The summed E-state index contributed by atoms with van der Waals surface area (Å²) in [5.74, 6) is 0. The zero-order valence-corrected chi connectivity index (χ0v) is 15.9. The molecule has 4 nitrogen and oxygen atoms in total. The molecule has 0 aromatic heterocycles. The minimum atomic E-state index is -1.15. The molecule has 1 saturated heterocycles. The third-order valence-corrected chi connectivity index (χ3v) is 5.50. The molecule has 2 aromatic carbocycles. The molecule has 25 heavy (non-hydrogen) atoms. The zero-order chi connectivity index (χ0) is 17.9. The minimum absolute atomic E-state index is 0.0653. The third-order valence-electron chi connectivity index (χ3n) is 4.10. The zero-order valence-electron chi connectivity index (χ0n) is 15.1. The van der Waals surface area contributed by atoms with E-state index in [1.165, 1.54) is 0 Å². The molecule has 0 aliphatic carbocycles. The molecule has 0 bridgehead atoms. The van der Waals surface area contributed by atoms with E-state index in [1.807, 2.05) is 54.6 Å². The molecule has 1 fully saturated rings. The number of hydrogen-bond acceptors (Lipinski definition) is 3. The van der Waals surface area contributed by atoms with Crippen LogP contribution in [0.15, 0.2) is 64.4 Å².